The summed E-state index contributed by atoms with van der Waals surface area (Å²) in [6.45, 7) is 10.3. The average molecular weight is 438 g/mol. The normalized spacial score (nSPS) is 12.1. The molecule has 0 saturated heterocycles. The van der Waals surface area contributed by atoms with Crippen LogP contribution in [0.15, 0.2) is 24.4 Å². The van der Waals surface area contributed by atoms with Gasteiger partial charge in [-0.1, -0.05) is 0 Å². The number of hydrogen-bond acceptors (Lipinski definition) is 7. The van der Waals surface area contributed by atoms with Gasteiger partial charge in [-0.15, -0.1) is 11.3 Å². The minimum absolute atomic E-state index is 0.229. The predicted molar refractivity (Wildman–Crippen MR) is 125 cm³/mol. The third-order valence-corrected chi connectivity index (χ3v) is 6.18. The van der Waals surface area contributed by atoms with Gasteiger partial charge < -0.3 is 14.6 Å². The van der Waals surface area contributed by atoms with E-state index in [1.807, 2.05) is 19.1 Å². The number of nitrogens with zero attached hydrogens (tertiary/aromatic N) is 3. The zero-order valence-corrected chi connectivity index (χ0v) is 19.6. The van der Waals surface area contributed by atoms with Crippen LogP contribution >= 0.6 is 11.3 Å². The van der Waals surface area contributed by atoms with Crippen LogP contribution in [0.4, 0.5) is 0 Å². The molecule has 0 saturated carbocycles. The molecule has 0 radical (unpaired) electrons. The molecular weight excluding hydrogens is 410 g/mol. The Labute approximate surface area is 185 Å². The number of hydrogen-bond donors (Lipinski definition) is 1. The van der Waals surface area contributed by atoms with Gasteiger partial charge in [-0.2, -0.15) is 0 Å². The molecule has 2 aromatic heterocycles. The molecule has 4 rings (SSSR count). The Morgan fingerprint density at radius 3 is 2.52 bits per heavy atom. The van der Waals surface area contributed by atoms with Crippen molar-refractivity contribution in [3.05, 3.63) is 46.8 Å². The summed E-state index contributed by atoms with van der Waals surface area (Å²) in [5.41, 5.74) is 6.74. The summed E-state index contributed by atoms with van der Waals surface area (Å²) in [6, 6.07) is 6.17. The summed E-state index contributed by atoms with van der Waals surface area (Å²) >= 11 is 1.61. The Morgan fingerprint density at radius 1 is 1.03 bits per heavy atom. The number of aromatic nitrogens is 3. The van der Waals surface area contributed by atoms with E-state index >= 15 is 0 Å². The van der Waals surface area contributed by atoms with Crippen LogP contribution in [0, 0.1) is 20.8 Å². The van der Waals surface area contributed by atoms with Gasteiger partial charge in [0.25, 0.3) is 0 Å². The molecule has 1 N–H and O–H groups in total. The molecule has 0 unspecified atom stereocenters. The van der Waals surface area contributed by atoms with Crippen molar-refractivity contribution in [2.24, 2.45) is 0 Å². The molecule has 0 fully saturated rings. The molecule has 6 nitrogen and oxygen atoms in total. The summed E-state index contributed by atoms with van der Waals surface area (Å²) in [5.74, 6) is 0.778. The zero-order chi connectivity index (χ0) is 22.3. The van der Waals surface area contributed by atoms with Crippen LogP contribution in [-0.2, 0) is 11.3 Å². The van der Waals surface area contributed by atoms with E-state index in [1.54, 1.807) is 38.5 Å². The van der Waals surface area contributed by atoms with Gasteiger partial charge >= 0.3 is 0 Å². The Bertz CT molecular complexity index is 1280. The zero-order valence-electron chi connectivity index (χ0n) is 18.7. The van der Waals surface area contributed by atoms with Gasteiger partial charge in [0.05, 0.1) is 45.3 Å². The Morgan fingerprint density at radius 2 is 1.81 bits per heavy atom. The van der Waals surface area contributed by atoms with Gasteiger partial charge in [-0.25, -0.2) is 9.97 Å². The quantitative estimate of drug-likeness (QED) is 0.451. The fraction of sp³-hybridized carbons (Fsp3) is 0.375. The lowest BCUT2D eigenvalue weighted by atomic mass is 10.1. The minimum Gasteiger partial charge on any atom is -0.490 e. The highest BCUT2D eigenvalue weighted by atomic mass is 32.1. The standard InChI is InChI=1S/C24H27N3O3S/c1-13-7-17(22-18(8-13)26-16(10-25-22)11-29-6)23-27-21-15(3)14(2)19(9-20(21)31-23)30-12-24(4,5)28/h7-10,28H,11-12H2,1-6H3. The van der Waals surface area contributed by atoms with Crippen molar-refractivity contribution >= 4 is 32.6 Å². The largest absolute Gasteiger partial charge is 0.490 e. The number of rotatable bonds is 6. The van der Waals surface area contributed by atoms with E-state index in [9.17, 15) is 5.11 Å². The van der Waals surface area contributed by atoms with Crippen molar-refractivity contribution in [3.8, 4) is 16.3 Å². The van der Waals surface area contributed by atoms with E-state index in [-0.39, 0.29) is 6.61 Å². The van der Waals surface area contributed by atoms with Crippen molar-refractivity contribution in [1.82, 2.24) is 15.0 Å². The first-order chi connectivity index (χ1) is 14.7. The predicted octanol–water partition coefficient (Wildman–Crippen LogP) is 5.13. The lowest BCUT2D eigenvalue weighted by Gasteiger charge is -2.19. The summed E-state index contributed by atoms with van der Waals surface area (Å²) in [7, 11) is 1.65. The van der Waals surface area contributed by atoms with E-state index < -0.39 is 5.60 Å². The summed E-state index contributed by atoms with van der Waals surface area (Å²) in [4.78, 5) is 14.3. The summed E-state index contributed by atoms with van der Waals surface area (Å²) in [5, 5.41) is 10.9. The van der Waals surface area contributed by atoms with Gasteiger partial charge in [0.15, 0.2) is 0 Å². The molecule has 162 valence electrons. The second-order valence-electron chi connectivity index (χ2n) is 8.57. The lowest BCUT2D eigenvalue weighted by molar-refractivity contribution is 0.0283. The summed E-state index contributed by atoms with van der Waals surface area (Å²) < 4.78 is 12.2. The fourth-order valence-electron chi connectivity index (χ4n) is 3.49. The third-order valence-electron chi connectivity index (χ3n) is 5.15. The number of fused-ring (bicyclic) bond motifs is 2. The molecule has 0 aliphatic rings. The minimum atomic E-state index is -0.894. The van der Waals surface area contributed by atoms with Crippen molar-refractivity contribution < 1.29 is 14.6 Å². The maximum absolute atomic E-state index is 10.0. The average Bonchev–Trinajstić information content (AvgIpc) is 3.12. The van der Waals surface area contributed by atoms with E-state index in [4.69, 9.17) is 19.4 Å². The van der Waals surface area contributed by atoms with Crippen LogP contribution in [0.3, 0.4) is 0 Å². The molecule has 0 bridgehead atoms. The maximum atomic E-state index is 10.0. The maximum Gasteiger partial charge on any atom is 0.126 e. The molecule has 0 spiro atoms. The van der Waals surface area contributed by atoms with E-state index in [0.717, 1.165) is 60.0 Å². The van der Waals surface area contributed by atoms with Crippen LogP contribution < -0.4 is 4.74 Å². The highest BCUT2D eigenvalue weighted by Crippen LogP contribution is 2.39. The smallest absolute Gasteiger partial charge is 0.126 e. The number of benzene rings is 2. The first kappa shape index (κ1) is 21.6. The van der Waals surface area contributed by atoms with Gasteiger partial charge in [-0.05, 0) is 69.5 Å². The van der Waals surface area contributed by atoms with Crippen molar-refractivity contribution in [1.29, 1.82) is 0 Å². The first-order valence-electron chi connectivity index (χ1n) is 10.2. The van der Waals surface area contributed by atoms with Gasteiger partial charge in [-0.3, -0.25) is 4.98 Å². The molecule has 2 heterocycles. The lowest BCUT2D eigenvalue weighted by Crippen LogP contribution is -2.28. The Hall–Kier alpha value is -2.61. The van der Waals surface area contributed by atoms with Crippen LogP contribution in [-0.4, -0.2) is 39.4 Å². The molecule has 7 heteroatoms. The highest BCUT2D eigenvalue weighted by Gasteiger charge is 2.19. The van der Waals surface area contributed by atoms with Crippen LogP contribution in [0.5, 0.6) is 5.75 Å². The summed E-state index contributed by atoms with van der Waals surface area (Å²) in [6.07, 6.45) is 1.76. The first-order valence-corrected chi connectivity index (χ1v) is 11.0. The molecule has 2 aromatic carbocycles. The van der Waals surface area contributed by atoms with Gasteiger partial charge in [0.1, 0.15) is 17.4 Å². The second kappa shape index (κ2) is 8.15. The molecule has 0 aliphatic carbocycles. The van der Waals surface area contributed by atoms with Gasteiger partial charge in [0.2, 0.25) is 0 Å². The Balaban J connectivity index is 1.83. The number of aryl methyl sites for hydroxylation is 2. The van der Waals surface area contributed by atoms with Crippen LogP contribution in [0.1, 0.15) is 36.2 Å². The second-order valence-corrected chi connectivity index (χ2v) is 9.60. The van der Waals surface area contributed by atoms with Crippen molar-refractivity contribution in [2.45, 2.75) is 46.8 Å². The van der Waals surface area contributed by atoms with E-state index in [0.29, 0.717) is 6.61 Å². The molecule has 4 aromatic rings. The third kappa shape index (κ3) is 4.39. The van der Waals surface area contributed by atoms with E-state index in [1.165, 1.54) is 0 Å². The SMILES string of the molecule is COCc1cnc2c(-c3nc4c(C)c(C)c(OCC(C)(C)O)cc4s3)cc(C)cc2n1. The van der Waals surface area contributed by atoms with Crippen molar-refractivity contribution in [2.75, 3.05) is 13.7 Å². The number of ether oxygens (including phenoxy) is 2. The molecule has 31 heavy (non-hydrogen) atoms. The van der Waals surface area contributed by atoms with E-state index in [2.05, 4.69) is 24.9 Å². The fourth-order valence-corrected chi connectivity index (χ4v) is 4.56. The van der Waals surface area contributed by atoms with Crippen LogP contribution in [0.2, 0.25) is 0 Å². The molecule has 0 amide bonds. The molecular formula is C24H27N3O3S. The highest BCUT2D eigenvalue weighted by molar-refractivity contribution is 7.21. The topological polar surface area (TPSA) is 77.4 Å². The van der Waals surface area contributed by atoms with Gasteiger partial charge in [0, 0.05) is 12.7 Å². The molecule has 0 atom stereocenters. The Kier molecular flexibility index (Phi) is 5.68. The monoisotopic (exact) mass is 437 g/mol. The number of thiazole rings is 1. The number of methoxy groups -OCH3 is 1. The van der Waals surface area contributed by atoms with Crippen molar-refractivity contribution in [3.63, 3.8) is 0 Å². The van der Waals surface area contributed by atoms with Crippen LogP contribution in [0.25, 0.3) is 31.8 Å². The number of aliphatic hydroxyl groups is 1. The molecule has 0 aliphatic heterocycles.